The number of piperidine rings is 1. The van der Waals surface area contributed by atoms with Crippen molar-refractivity contribution >= 4 is 5.91 Å². The normalized spacial score (nSPS) is 36.7. The summed E-state index contributed by atoms with van der Waals surface area (Å²) in [5, 5.41) is 0. The summed E-state index contributed by atoms with van der Waals surface area (Å²) >= 11 is 0. The molecule has 0 radical (unpaired) electrons. The van der Waals surface area contributed by atoms with Crippen LogP contribution in [0.4, 0.5) is 0 Å². The molecule has 3 nitrogen and oxygen atoms in total. The van der Waals surface area contributed by atoms with E-state index in [-0.39, 0.29) is 12.0 Å². The molecule has 3 heteroatoms. The van der Waals surface area contributed by atoms with Gasteiger partial charge in [0.05, 0.1) is 0 Å². The van der Waals surface area contributed by atoms with Crippen LogP contribution in [0, 0.1) is 11.3 Å². The Hall–Kier alpha value is -0.570. The van der Waals surface area contributed by atoms with Crippen LogP contribution in [0.15, 0.2) is 0 Å². The van der Waals surface area contributed by atoms with Gasteiger partial charge in [0, 0.05) is 19.7 Å². The van der Waals surface area contributed by atoms with Crippen LogP contribution in [0.1, 0.15) is 39.0 Å². The summed E-state index contributed by atoms with van der Waals surface area (Å²) in [7, 11) is 0. The lowest BCUT2D eigenvalue weighted by molar-refractivity contribution is -0.142. The molecule has 1 aliphatic carbocycles. The third-order valence-corrected chi connectivity index (χ3v) is 4.87. The molecule has 0 N–H and O–H groups in total. The van der Waals surface area contributed by atoms with Crippen molar-refractivity contribution in [3.05, 3.63) is 0 Å². The maximum atomic E-state index is 12.1. The van der Waals surface area contributed by atoms with Gasteiger partial charge in [0.15, 0.2) is 0 Å². The second-order valence-corrected chi connectivity index (χ2v) is 5.79. The predicted molar refractivity (Wildman–Crippen MR) is 61.0 cm³/mol. The molecule has 3 aliphatic rings. The number of carbonyl (C=O) groups excluding carboxylic acids is 1. The Bertz CT molecular complexity index is 288. The first-order valence-corrected chi connectivity index (χ1v) is 6.62. The average molecular weight is 223 g/mol. The molecule has 3 fully saturated rings. The van der Waals surface area contributed by atoms with Crippen molar-refractivity contribution in [2.75, 3.05) is 19.7 Å². The smallest absolute Gasteiger partial charge is 0.251 e. The monoisotopic (exact) mass is 223 g/mol. The van der Waals surface area contributed by atoms with E-state index in [9.17, 15) is 4.79 Å². The molecule has 2 atom stereocenters. The summed E-state index contributed by atoms with van der Waals surface area (Å²) in [5.74, 6) is 1.15. The van der Waals surface area contributed by atoms with Crippen molar-refractivity contribution in [2.45, 2.75) is 45.1 Å². The van der Waals surface area contributed by atoms with Crippen LogP contribution in [0.25, 0.3) is 0 Å². The van der Waals surface area contributed by atoms with Crippen molar-refractivity contribution < 1.29 is 9.53 Å². The molecule has 1 amide bonds. The van der Waals surface area contributed by atoms with Crippen LogP contribution < -0.4 is 0 Å². The first-order chi connectivity index (χ1) is 7.71. The van der Waals surface area contributed by atoms with Gasteiger partial charge in [-0.15, -0.1) is 0 Å². The summed E-state index contributed by atoms with van der Waals surface area (Å²) < 4.78 is 5.47. The topological polar surface area (TPSA) is 29.5 Å². The largest absolute Gasteiger partial charge is 0.368 e. The van der Waals surface area contributed by atoms with Gasteiger partial charge in [0.1, 0.15) is 6.10 Å². The molecule has 2 heterocycles. The lowest BCUT2D eigenvalue weighted by Crippen LogP contribution is -2.44. The Morgan fingerprint density at radius 2 is 2.06 bits per heavy atom. The van der Waals surface area contributed by atoms with Crippen LogP contribution in [0.3, 0.4) is 0 Å². The molecule has 2 aliphatic heterocycles. The van der Waals surface area contributed by atoms with E-state index < -0.39 is 0 Å². The highest BCUT2D eigenvalue weighted by Gasteiger charge is 2.52. The number of ether oxygens (including phenoxy) is 1. The Balaban J connectivity index is 1.55. The van der Waals surface area contributed by atoms with Gasteiger partial charge < -0.3 is 9.64 Å². The molecule has 1 unspecified atom stereocenters. The minimum absolute atomic E-state index is 0.120. The molecule has 0 aromatic carbocycles. The van der Waals surface area contributed by atoms with Gasteiger partial charge in [0.2, 0.25) is 0 Å². The van der Waals surface area contributed by atoms with E-state index in [1.165, 1.54) is 19.3 Å². The quantitative estimate of drug-likeness (QED) is 0.678. The van der Waals surface area contributed by atoms with Gasteiger partial charge in [-0.2, -0.15) is 0 Å². The second kappa shape index (κ2) is 3.73. The van der Waals surface area contributed by atoms with E-state index in [1.807, 2.05) is 4.90 Å². The molecule has 2 saturated heterocycles. The van der Waals surface area contributed by atoms with Crippen molar-refractivity contribution in [3.63, 3.8) is 0 Å². The van der Waals surface area contributed by atoms with Crippen LogP contribution >= 0.6 is 0 Å². The maximum Gasteiger partial charge on any atom is 0.251 e. The van der Waals surface area contributed by atoms with Gasteiger partial charge in [-0.3, -0.25) is 4.79 Å². The van der Waals surface area contributed by atoms with Crippen molar-refractivity contribution in [3.8, 4) is 0 Å². The molecule has 16 heavy (non-hydrogen) atoms. The summed E-state index contributed by atoms with van der Waals surface area (Å²) in [6.07, 6.45) is 5.67. The number of carbonyl (C=O) groups is 1. The van der Waals surface area contributed by atoms with Crippen LogP contribution in [0.2, 0.25) is 0 Å². The van der Waals surface area contributed by atoms with Crippen LogP contribution in [-0.2, 0) is 9.53 Å². The fraction of sp³-hybridized carbons (Fsp3) is 0.923. The van der Waals surface area contributed by atoms with E-state index in [4.69, 9.17) is 4.74 Å². The van der Waals surface area contributed by atoms with Gasteiger partial charge in [-0.25, -0.2) is 0 Å². The number of rotatable bonds is 1. The fourth-order valence-electron chi connectivity index (χ4n) is 3.40. The Morgan fingerprint density at radius 1 is 1.38 bits per heavy atom. The SMILES string of the molecule is CC1CC12CCN(C(=O)[C@H]1CCCO1)CC2. The summed E-state index contributed by atoms with van der Waals surface area (Å²) in [4.78, 5) is 14.1. The van der Waals surface area contributed by atoms with Gasteiger partial charge >= 0.3 is 0 Å². The number of hydrogen-bond donors (Lipinski definition) is 0. The number of likely N-dealkylation sites (tertiary alicyclic amines) is 1. The highest BCUT2D eigenvalue weighted by Crippen LogP contribution is 2.58. The lowest BCUT2D eigenvalue weighted by Gasteiger charge is -2.34. The Labute approximate surface area is 97.1 Å². The minimum atomic E-state index is -0.120. The molecule has 3 rings (SSSR count). The highest BCUT2D eigenvalue weighted by atomic mass is 16.5. The first-order valence-electron chi connectivity index (χ1n) is 6.62. The van der Waals surface area contributed by atoms with E-state index in [0.29, 0.717) is 5.41 Å². The average Bonchev–Trinajstić information content (AvgIpc) is 2.73. The minimum Gasteiger partial charge on any atom is -0.368 e. The Kier molecular flexibility index (Phi) is 2.46. The van der Waals surface area contributed by atoms with Gasteiger partial charge in [-0.05, 0) is 43.4 Å². The third-order valence-electron chi connectivity index (χ3n) is 4.87. The maximum absolute atomic E-state index is 12.1. The summed E-state index contributed by atoms with van der Waals surface area (Å²) in [5.41, 5.74) is 0.618. The standard InChI is InChI=1S/C13H21NO2/c1-10-9-13(10)4-6-14(7-5-13)12(15)11-3-2-8-16-11/h10-11H,2-9H2,1H3/t10?,11-/m1/s1. The number of hydrogen-bond acceptors (Lipinski definition) is 2. The van der Waals surface area contributed by atoms with Crippen LogP contribution in [0.5, 0.6) is 0 Å². The third kappa shape index (κ3) is 1.65. The summed E-state index contributed by atoms with van der Waals surface area (Å²) in [6.45, 7) is 5.04. The zero-order chi connectivity index (χ0) is 11.2. The van der Waals surface area contributed by atoms with E-state index >= 15 is 0 Å². The molecule has 0 aromatic heterocycles. The van der Waals surface area contributed by atoms with Crippen molar-refractivity contribution in [2.24, 2.45) is 11.3 Å². The molecule has 0 aromatic rings. The van der Waals surface area contributed by atoms with Crippen molar-refractivity contribution in [1.82, 2.24) is 4.90 Å². The predicted octanol–water partition coefficient (Wildman–Crippen LogP) is 1.81. The molecular weight excluding hydrogens is 202 g/mol. The molecule has 0 bridgehead atoms. The highest BCUT2D eigenvalue weighted by molar-refractivity contribution is 5.81. The van der Waals surface area contributed by atoms with E-state index in [0.717, 1.165) is 38.5 Å². The van der Waals surface area contributed by atoms with Gasteiger partial charge in [0.25, 0.3) is 5.91 Å². The molecular formula is C13H21NO2. The zero-order valence-electron chi connectivity index (χ0n) is 10.1. The number of amides is 1. The molecule has 90 valence electrons. The molecule has 1 saturated carbocycles. The van der Waals surface area contributed by atoms with Gasteiger partial charge in [-0.1, -0.05) is 6.92 Å². The van der Waals surface area contributed by atoms with Crippen molar-refractivity contribution in [1.29, 1.82) is 0 Å². The number of nitrogens with zero attached hydrogens (tertiary/aromatic N) is 1. The molecule has 1 spiro atoms. The zero-order valence-corrected chi connectivity index (χ0v) is 10.1. The Morgan fingerprint density at radius 3 is 2.56 bits per heavy atom. The summed E-state index contributed by atoms with van der Waals surface area (Å²) in [6, 6.07) is 0. The van der Waals surface area contributed by atoms with Crippen LogP contribution in [-0.4, -0.2) is 36.6 Å². The first kappa shape index (κ1) is 10.6. The second-order valence-electron chi connectivity index (χ2n) is 5.79. The van der Waals surface area contributed by atoms with E-state index in [1.54, 1.807) is 0 Å². The lowest BCUT2D eigenvalue weighted by atomic mass is 9.91. The fourth-order valence-corrected chi connectivity index (χ4v) is 3.40. The van der Waals surface area contributed by atoms with E-state index in [2.05, 4.69) is 6.92 Å².